The molecule has 0 saturated heterocycles. The van der Waals surface area contributed by atoms with E-state index in [9.17, 15) is 0 Å². The summed E-state index contributed by atoms with van der Waals surface area (Å²) in [7, 11) is 0. The first kappa shape index (κ1) is 9.27. The maximum Gasteiger partial charge on any atom is 0.0243 e. The molecule has 0 aromatic carbocycles. The minimum Gasteiger partial charge on any atom is -0.292 e. The molecule has 1 nitrogen and oxygen atoms in total. The fraction of sp³-hybridized carbons (Fsp3) is 0.455. The van der Waals surface area contributed by atoms with Crippen molar-refractivity contribution < 1.29 is 0 Å². The standard InChI is InChI=1S/C11H17N/c1-5-10-7-12(9(3)4)8-11(10)6-2/h5-6,9H,1-2,7-8H2,3-4H3. The molecule has 12 heavy (non-hydrogen) atoms. The fourth-order valence-electron chi connectivity index (χ4n) is 1.45. The van der Waals surface area contributed by atoms with Crippen LogP contribution in [-0.4, -0.2) is 24.0 Å². The molecular formula is C11H17N. The third kappa shape index (κ3) is 1.67. The van der Waals surface area contributed by atoms with Gasteiger partial charge >= 0.3 is 0 Å². The Morgan fingerprint density at radius 2 is 1.58 bits per heavy atom. The lowest BCUT2D eigenvalue weighted by molar-refractivity contribution is 0.283. The van der Waals surface area contributed by atoms with E-state index in [0.717, 1.165) is 13.1 Å². The molecule has 0 unspecified atom stereocenters. The Balaban J connectivity index is 2.71. The highest BCUT2D eigenvalue weighted by atomic mass is 15.2. The summed E-state index contributed by atoms with van der Waals surface area (Å²) in [5.41, 5.74) is 2.66. The van der Waals surface area contributed by atoms with E-state index in [4.69, 9.17) is 0 Å². The summed E-state index contributed by atoms with van der Waals surface area (Å²) >= 11 is 0. The molecule has 1 aliphatic heterocycles. The van der Waals surface area contributed by atoms with E-state index in [1.54, 1.807) is 0 Å². The second-order valence-corrected chi connectivity index (χ2v) is 3.46. The molecule has 0 N–H and O–H groups in total. The first-order valence-corrected chi connectivity index (χ1v) is 4.40. The average Bonchev–Trinajstić information content (AvgIpc) is 2.46. The summed E-state index contributed by atoms with van der Waals surface area (Å²) in [4.78, 5) is 2.41. The molecular weight excluding hydrogens is 146 g/mol. The van der Waals surface area contributed by atoms with Crippen LogP contribution in [0.5, 0.6) is 0 Å². The SMILES string of the molecule is C=CC1=C(C=C)CN(C(C)C)C1. The molecule has 0 spiro atoms. The zero-order chi connectivity index (χ0) is 9.14. The molecule has 0 aromatic heterocycles. The maximum absolute atomic E-state index is 3.80. The molecule has 1 heterocycles. The number of nitrogens with zero attached hydrogens (tertiary/aromatic N) is 1. The lowest BCUT2D eigenvalue weighted by atomic mass is 10.1. The minimum atomic E-state index is 0.609. The third-order valence-corrected chi connectivity index (χ3v) is 2.38. The summed E-state index contributed by atoms with van der Waals surface area (Å²) in [5.74, 6) is 0. The second-order valence-electron chi connectivity index (χ2n) is 3.46. The van der Waals surface area contributed by atoms with Crippen molar-refractivity contribution in [1.29, 1.82) is 0 Å². The topological polar surface area (TPSA) is 3.24 Å². The van der Waals surface area contributed by atoms with E-state index in [2.05, 4.69) is 31.9 Å². The van der Waals surface area contributed by atoms with Gasteiger partial charge in [0.2, 0.25) is 0 Å². The summed E-state index contributed by atoms with van der Waals surface area (Å²) in [6.45, 7) is 14.1. The van der Waals surface area contributed by atoms with Gasteiger partial charge in [-0.15, -0.1) is 0 Å². The Bertz CT molecular complexity index is 203. The van der Waals surface area contributed by atoms with Gasteiger partial charge in [-0.05, 0) is 25.0 Å². The number of rotatable bonds is 3. The molecule has 0 amide bonds. The summed E-state index contributed by atoms with van der Waals surface area (Å²) in [5, 5.41) is 0. The quantitative estimate of drug-likeness (QED) is 0.617. The Labute approximate surface area is 75.1 Å². The highest BCUT2D eigenvalue weighted by molar-refractivity contribution is 5.37. The molecule has 0 saturated carbocycles. The normalized spacial score (nSPS) is 18.9. The van der Waals surface area contributed by atoms with Gasteiger partial charge in [0.15, 0.2) is 0 Å². The van der Waals surface area contributed by atoms with E-state index in [0.29, 0.717) is 6.04 Å². The highest BCUT2D eigenvalue weighted by Gasteiger charge is 2.19. The van der Waals surface area contributed by atoms with Gasteiger partial charge in [0.05, 0.1) is 0 Å². The summed E-state index contributed by atoms with van der Waals surface area (Å²) in [6, 6.07) is 0.609. The van der Waals surface area contributed by atoms with Gasteiger partial charge in [-0.25, -0.2) is 0 Å². The van der Waals surface area contributed by atoms with Gasteiger partial charge in [0.25, 0.3) is 0 Å². The van der Waals surface area contributed by atoms with Crippen molar-refractivity contribution in [2.75, 3.05) is 13.1 Å². The van der Waals surface area contributed by atoms with Crippen LogP contribution in [-0.2, 0) is 0 Å². The van der Waals surface area contributed by atoms with Crippen LogP contribution in [0.4, 0.5) is 0 Å². The average molecular weight is 163 g/mol. The largest absolute Gasteiger partial charge is 0.292 e. The molecule has 0 bridgehead atoms. The van der Waals surface area contributed by atoms with Crippen LogP contribution in [0.2, 0.25) is 0 Å². The van der Waals surface area contributed by atoms with Gasteiger partial charge in [-0.3, -0.25) is 4.90 Å². The van der Waals surface area contributed by atoms with Crippen LogP contribution >= 0.6 is 0 Å². The van der Waals surface area contributed by atoms with Crippen molar-refractivity contribution >= 4 is 0 Å². The first-order chi connectivity index (χ1) is 5.69. The van der Waals surface area contributed by atoms with E-state index in [1.165, 1.54) is 11.1 Å². The summed E-state index contributed by atoms with van der Waals surface area (Å²) in [6.07, 6.45) is 3.89. The maximum atomic E-state index is 3.80. The second kappa shape index (κ2) is 3.72. The molecule has 0 aliphatic carbocycles. The Morgan fingerprint density at radius 3 is 1.83 bits per heavy atom. The van der Waals surface area contributed by atoms with E-state index in [-0.39, 0.29) is 0 Å². The van der Waals surface area contributed by atoms with Crippen molar-refractivity contribution in [3.63, 3.8) is 0 Å². The van der Waals surface area contributed by atoms with Crippen LogP contribution < -0.4 is 0 Å². The lowest BCUT2D eigenvalue weighted by Gasteiger charge is -2.19. The monoisotopic (exact) mass is 163 g/mol. The van der Waals surface area contributed by atoms with Gasteiger partial charge in [0.1, 0.15) is 0 Å². The minimum absolute atomic E-state index is 0.609. The Hall–Kier alpha value is -0.820. The molecule has 66 valence electrons. The molecule has 1 heteroatoms. The fourth-order valence-corrected chi connectivity index (χ4v) is 1.45. The zero-order valence-corrected chi connectivity index (χ0v) is 8.01. The summed E-state index contributed by atoms with van der Waals surface area (Å²) < 4.78 is 0. The molecule has 0 atom stereocenters. The molecule has 0 aromatic rings. The number of hydrogen-bond donors (Lipinski definition) is 0. The third-order valence-electron chi connectivity index (χ3n) is 2.38. The Kier molecular flexibility index (Phi) is 2.88. The van der Waals surface area contributed by atoms with E-state index >= 15 is 0 Å². The molecule has 0 radical (unpaired) electrons. The van der Waals surface area contributed by atoms with Crippen LogP contribution in [0.1, 0.15) is 13.8 Å². The molecule has 1 rings (SSSR count). The smallest absolute Gasteiger partial charge is 0.0243 e. The van der Waals surface area contributed by atoms with Crippen molar-refractivity contribution in [1.82, 2.24) is 4.90 Å². The Morgan fingerprint density at radius 1 is 1.17 bits per heavy atom. The van der Waals surface area contributed by atoms with Crippen LogP contribution in [0.25, 0.3) is 0 Å². The highest BCUT2D eigenvalue weighted by Crippen LogP contribution is 2.20. The van der Waals surface area contributed by atoms with Crippen LogP contribution in [0.15, 0.2) is 36.5 Å². The van der Waals surface area contributed by atoms with Crippen LogP contribution in [0, 0.1) is 0 Å². The van der Waals surface area contributed by atoms with Crippen molar-refractivity contribution in [2.24, 2.45) is 0 Å². The van der Waals surface area contributed by atoms with Crippen molar-refractivity contribution in [3.8, 4) is 0 Å². The van der Waals surface area contributed by atoms with Crippen molar-refractivity contribution in [2.45, 2.75) is 19.9 Å². The predicted molar refractivity (Wildman–Crippen MR) is 54.1 cm³/mol. The zero-order valence-electron chi connectivity index (χ0n) is 8.01. The van der Waals surface area contributed by atoms with Gasteiger partial charge in [0, 0.05) is 19.1 Å². The van der Waals surface area contributed by atoms with E-state index in [1.807, 2.05) is 12.2 Å². The van der Waals surface area contributed by atoms with Crippen LogP contribution in [0.3, 0.4) is 0 Å². The molecule has 1 aliphatic rings. The predicted octanol–water partition coefficient (Wildman–Crippen LogP) is 2.38. The van der Waals surface area contributed by atoms with Gasteiger partial charge in [-0.2, -0.15) is 0 Å². The van der Waals surface area contributed by atoms with E-state index < -0.39 is 0 Å². The molecule has 0 fully saturated rings. The number of hydrogen-bond acceptors (Lipinski definition) is 1. The van der Waals surface area contributed by atoms with Gasteiger partial charge < -0.3 is 0 Å². The first-order valence-electron chi connectivity index (χ1n) is 4.40. The van der Waals surface area contributed by atoms with Gasteiger partial charge in [-0.1, -0.05) is 25.3 Å². The lowest BCUT2D eigenvalue weighted by Crippen LogP contribution is -2.28. The van der Waals surface area contributed by atoms with Crippen molar-refractivity contribution in [3.05, 3.63) is 36.5 Å².